The van der Waals surface area contributed by atoms with E-state index in [2.05, 4.69) is 145 Å². The van der Waals surface area contributed by atoms with Gasteiger partial charge in [0.25, 0.3) is 0 Å². The second kappa shape index (κ2) is 16.4. The van der Waals surface area contributed by atoms with E-state index in [1.54, 1.807) is 0 Å². The maximum absolute atomic E-state index is 6.81. The van der Waals surface area contributed by atoms with Crippen LogP contribution in [0.2, 0.25) is 0 Å². The summed E-state index contributed by atoms with van der Waals surface area (Å²) in [5.41, 5.74) is 15.0. The van der Waals surface area contributed by atoms with Crippen molar-refractivity contribution in [2.75, 3.05) is 0 Å². The molecule has 0 spiro atoms. The molecule has 17 rings (SSSR count). The summed E-state index contributed by atoms with van der Waals surface area (Å²) in [6, 6.07) is 77.1. The van der Waals surface area contributed by atoms with Gasteiger partial charge in [0.2, 0.25) is 0 Å². The molecular weight excluding hydrogens is 961 g/mol. The summed E-state index contributed by atoms with van der Waals surface area (Å²) in [6.45, 7) is 0. The van der Waals surface area contributed by atoms with Crippen LogP contribution in [0.4, 0.5) is 0 Å². The minimum Gasteiger partial charge on any atom is -0.456 e. The molecule has 0 aliphatic heterocycles. The highest BCUT2D eigenvalue weighted by Gasteiger charge is 2.25. The van der Waals surface area contributed by atoms with Crippen molar-refractivity contribution in [3.63, 3.8) is 0 Å². The fourth-order valence-electron chi connectivity index (χ4n) is 12.0. The molecule has 11 aromatic carbocycles. The monoisotopic (exact) mass is 998 g/mol. The van der Waals surface area contributed by atoms with Crippen molar-refractivity contribution in [1.82, 2.24) is 19.9 Å². The first kappa shape index (κ1) is 42.6. The van der Waals surface area contributed by atoms with Crippen molar-refractivity contribution in [2.24, 2.45) is 0 Å². The average molecular weight is 999 g/mol. The molecule has 0 saturated carbocycles. The van der Waals surface area contributed by atoms with Crippen molar-refractivity contribution in [3.05, 3.63) is 231 Å². The normalized spacial score (nSPS) is 12.1. The van der Waals surface area contributed by atoms with Gasteiger partial charge in [-0.1, -0.05) is 164 Å². The van der Waals surface area contributed by atoms with Crippen LogP contribution in [0.15, 0.2) is 248 Å². The second-order valence-electron chi connectivity index (χ2n) is 20.0. The fourth-order valence-corrected chi connectivity index (χ4v) is 12.0. The molecule has 0 aliphatic carbocycles. The molecule has 0 fully saturated rings. The molecule has 362 valence electrons. The Kier molecular flexibility index (Phi) is 8.96. The van der Waals surface area contributed by atoms with Gasteiger partial charge in [0, 0.05) is 66.0 Å². The molecule has 8 nitrogen and oxygen atoms in total. The molecule has 17 aromatic rings. The molecule has 0 aliphatic rings. The van der Waals surface area contributed by atoms with Crippen molar-refractivity contribution in [1.29, 1.82) is 0 Å². The predicted molar refractivity (Wildman–Crippen MR) is 314 cm³/mol. The van der Waals surface area contributed by atoms with Gasteiger partial charge in [-0.25, -0.2) is 15.0 Å². The maximum Gasteiger partial charge on any atom is 0.168 e. The van der Waals surface area contributed by atoms with E-state index in [1.807, 2.05) is 91.1 Å². The van der Waals surface area contributed by atoms with Gasteiger partial charge in [0.05, 0.1) is 11.3 Å². The van der Waals surface area contributed by atoms with E-state index in [-0.39, 0.29) is 0 Å². The van der Waals surface area contributed by atoms with E-state index in [1.165, 1.54) is 0 Å². The number of benzene rings is 11. The number of rotatable bonds is 6. The Bertz CT molecular complexity index is 5310. The van der Waals surface area contributed by atoms with E-state index in [0.717, 1.165) is 154 Å². The number of aromatic nitrogens is 4. The van der Waals surface area contributed by atoms with Gasteiger partial charge in [0.1, 0.15) is 44.7 Å². The Morgan fingerprint density at radius 1 is 0.256 bits per heavy atom. The zero-order chi connectivity index (χ0) is 51.0. The molecule has 0 N–H and O–H groups in total. The number of furan rings is 4. The lowest BCUT2D eigenvalue weighted by molar-refractivity contribution is 0.663. The average Bonchev–Trinajstić information content (AvgIpc) is 4.35. The molecule has 0 radical (unpaired) electrons. The quantitative estimate of drug-likeness (QED) is 0.162. The van der Waals surface area contributed by atoms with Crippen molar-refractivity contribution in [3.8, 4) is 67.7 Å². The van der Waals surface area contributed by atoms with Crippen LogP contribution in [0.25, 0.3) is 177 Å². The lowest BCUT2D eigenvalue weighted by Gasteiger charge is -2.10. The Balaban J connectivity index is 0.773. The lowest BCUT2D eigenvalue weighted by atomic mass is 9.93. The van der Waals surface area contributed by atoms with Crippen LogP contribution in [0.3, 0.4) is 0 Å². The van der Waals surface area contributed by atoms with E-state index in [0.29, 0.717) is 23.1 Å². The first-order valence-corrected chi connectivity index (χ1v) is 26.0. The Morgan fingerprint density at radius 2 is 0.795 bits per heavy atom. The minimum absolute atomic E-state index is 0.481. The van der Waals surface area contributed by atoms with Gasteiger partial charge >= 0.3 is 0 Å². The molecule has 0 bridgehead atoms. The summed E-state index contributed by atoms with van der Waals surface area (Å²) in [5, 5.41) is 12.7. The first-order valence-electron chi connectivity index (χ1n) is 26.0. The zero-order valence-corrected chi connectivity index (χ0v) is 41.4. The minimum atomic E-state index is 0.481. The van der Waals surface area contributed by atoms with Gasteiger partial charge in [-0.05, 0) is 104 Å². The van der Waals surface area contributed by atoms with Gasteiger partial charge in [-0.2, -0.15) is 0 Å². The Labute approximate surface area is 443 Å². The van der Waals surface area contributed by atoms with Gasteiger partial charge in [0.15, 0.2) is 17.5 Å². The van der Waals surface area contributed by atoms with E-state index in [9.17, 15) is 0 Å². The predicted octanol–water partition coefficient (Wildman–Crippen LogP) is 19.2. The van der Waals surface area contributed by atoms with Crippen LogP contribution in [0.5, 0.6) is 0 Å². The summed E-state index contributed by atoms with van der Waals surface area (Å²) in [6.07, 6.45) is 1.83. The van der Waals surface area contributed by atoms with E-state index < -0.39 is 0 Å². The third-order valence-electron chi connectivity index (χ3n) is 15.6. The summed E-state index contributed by atoms with van der Waals surface area (Å²) < 4.78 is 27.0. The van der Waals surface area contributed by atoms with Crippen LogP contribution < -0.4 is 0 Å². The number of para-hydroxylation sites is 1. The number of nitrogens with zero attached hydrogens (tertiary/aromatic N) is 4. The summed E-state index contributed by atoms with van der Waals surface area (Å²) in [4.78, 5) is 20.1. The molecule has 6 aromatic heterocycles. The highest BCUT2D eigenvalue weighted by atomic mass is 16.3. The van der Waals surface area contributed by atoms with Crippen molar-refractivity contribution in [2.45, 2.75) is 0 Å². The standard InChI is InChI=1S/C70H38N4O4/c1-2-13-43(14-3-1)68-72-69(74-70(73-68)52-38-60-66(64-49-18-8-9-20-54(49)78-67(52)64)61-46-15-5-4-12-40(46)30-32-55(61)76-60)44-27-21-39(22-28-44)45-29-31-50-58(36-45)75-56-33-34-57-65(63(50)56)62-48-17-7-6-16-47(48)51(37-59(62)77-57)41-23-25-42(26-24-41)53-19-10-11-35-71-53/h1-38H. The van der Waals surface area contributed by atoms with E-state index in [4.69, 9.17) is 32.6 Å². The molecule has 6 heterocycles. The molecule has 0 unspecified atom stereocenters. The third-order valence-corrected chi connectivity index (χ3v) is 15.6. The van der Waals surface area contributed by atoms with Crippen molar-refractivity contribution < 1.29 is 17.7 Å². The lowest BCUT2D eigenvalue weighted by Crippen LogP contribution is -2.00. The molecule has 78 heavy (non-hydrogen) atoms. The topological polar surface area (TPSA) is 104 Å². The van der Waals surface area contributed by atoms with Crippen LogP contribution in [-0.2, 0) is 0 Å². The van der Waals surface area contributed by atoms with E-state index >= 15 is 0 Å². The fraction of sp³-hybridized carbons (Fsp3) is 0. The molecule has 8 heteroatoms. The smallest absolute Gasteiger partial charge is 0.168 e. The summed E-state index contributed by atoms with van der Waals surface area (Å²) >= 11 is 0. The Hall–Kier alpha value is -10.7. The molecule has 0 saturated heterocycles. The second-order valence-corrected chi connectivity index (χ2v) is 20.0. The summed E-state index contributed by atoms with van der Waals surface area (Å²) in [5.74, 6) is 1.57. The van der Waals surface area contributed by atoms with Crippen LogP contribution in [0, 0.1) is 0 Å². The number of hydrogen-bond donors (Lipinski definition) is 0. The SMILES string of the molecule is c1ccc(-c2nc(-c3ccc(-c4ccc5c(c4)oc4ccc6oc7cc(-c8ccc(-c9ccccn9)cc8)c8ccccc8c7c6c45)cc3)nc(-c3cc4oc5ccc6ccccc6c5c4c4c3oc3ccccc34)n2)cc1. The highest BCUT2D eigenvalue weighted by molar-refractivity contribution is 6.33. The molecular formula is C70H38N4O4. The Morgan fingerprint density at radius 3 is 1.59 bits per heavy atom. The van der Waals surface area contributed by atoms with Crippen LogP contribution >= 0.6 is 0 Å². The molecule has 0 amide bonds. The number of pyridine rings is 1. The van der Waals surface area contributed by atoms with Crippen LogP contribution in [-0.4, -0.2) is 19.9 Å². The van der Waals surface area contributed by atoms with Gasteiger partial charge in [-0.15, -0.1) is 0 Å². The third kappa shape index (κ3) is 6.41. The van der Waals surface area contributed by atoms with Crippen molar-refractivity contribution >= 4 is 109 Å². The largest absolute Gasteiger partial charge is 0.456 e. The number of fused-ring (bicyclic) bond motifs is 18. The highest BCUT2D eigenvalue weighted by Crippen LogP contribution is 2.48. The van der Waals surface area contributed by atoms with Crippen LogP contribution in [0.1, 0.15) is 0 Å². The maximum atomic E-state index is 6.81. The summed E-state index contributed by atoms with van der Waals surface area (Å²) in [7, 11) is 0. The number of hydrogen-bond acceptors (Lipinski definition) is 8. The zero-order valence-electron chi connectivity index (χ0n) is 41.4. The first-order chi connectivity index (χ1) is 38.6. The molecule has 0 atom stereocenters. The van der Waals surface area contributed by atoms with Gasteiger partial charge in [-0.3, -0.25) is 4.98 Å². The van der Waals surface area contributed by atoms with Gasteiger partial charge < -0.3 is 17.7 Å².